The maximum Gasteiger partial charge on any atom is 0.251 e. The van der Waals surface area contributed by atoms with E-state index in [-0.39, 0.29) is 11.8 Å². The second-order valence-electron chi connectivity index (χ2n) is 6.33. The van der Waals surface area contributed by atoms with Crippen molar-refractivity contribution >= 4 is 29.3 Å². The summed E-state index contributed by atoms with van der Waals surface area (Å²) in [4.78, 5) is 25.9. The van der Waals surface area contributed by atoms with Crippen molar-refractivity contribution in [2.75, 3.05) is 17.2 Å². The van der Waals surface area contributed by atoms with Gasteiger partial charge in [-0.15, -0.1) is 0 Å². The van der Waals surface area contributed by atoms with Crippen molar-refractivity contribution in [2.45, 2.75) is 32.1 Å². The zero-order valence-corrected chi connectivity index (χ0v) is 15.8. The second-order valence-corrected chi connectivity index (χ2v) is 7.61. The largest absolute Gasteiger partial charge is 0.348 e. The van der Waals surface area contributed by atoms with Gasteiger partial charge in [0, 0.05) is 36.5 Å². The van der Waals surface area contributed by atoms with Crippen LogP contribution in [0.25, 0.3) is 0 Å². The number of carbonyl (C=O) groups excluding carboxylic acids is 2. The minimum absolute atomic E-state index is 0.0708. The summed E-state index contributed by atoms with van der Waals surface area (Å²) < 4.78 is 0. The lowest BCUT2D eigenvalue weighted by molar-refractivity contribution is -0.117. The van der Waals surface area contributed by atoms with Crippen molar-refractivity contribution in [3.05, 3.63) is 65.2 Å². The van der Waals surface area contributed by atoms with Crippen LogP contribution in [0.2, 0.25) is 0 Å². The fourth-order valence-electron chi connectivity index (χ4n) is 2.97. The van der Waals surface area contributed by atoms with E-state index in [9.17, 15) is 9.59 Å². The van der Waals surface area contributed by atoms with Crippen molar-refractivity contribution in [3.63, 3.8) is 0 Å². The Hall–Kier alpha value is -2.27. The number of hydrogen-bond donors (Lipinski definition) is 1. The molecule has 0 aromatic heterocycles. The summed E-state index contributed by atoms with van der Waals surface area (Å²) in [5.74, 6) is 2.18. The van der Waals surface area contributed by atoms with E-state index < -0.39 is 0 Å². The van der Waals surface area contributed by atoms with Gasteiger partial charge in [-0.3, -0.25) is 9.59 Å². The highest BCUT2D eigenvalue weighted by atomic mass is 32.2. The van der Waals surface area contributed by atoms with Gasteiger partial charge in [-0.2, -0.15) is 11.8 Å². The first-order chi connectivity index (χ1) is 12.7. The van der Waals surface area contributed by atoms with Crippen molar-refractivity contribution < 1.29 is 9.59 Å². The second kappa shape index (κ2) is 8.90. The molecule has 2 aromatic carbocycles. The number of amides is 2. The fraction of sp³-hybridized carbons (Fsp3) is 0.333. The first kappa shape index (κ1) is 18.5. The molecule has 0 radical (unpaired) electrons. The Morgan fingerprint density at radius 2 is 1.77 bits per heavy atom. The Morgan fingerprint density at radius 1 is 1.08 bits per heavy atom. The number of nitrogens with zero attached hydrogens (tertiary/aromatic N) is 1. The van der Waals surface area contributed by atoms with Gasteiger partial charge in [-0.1, -0.05) is 31.2 Å². The van der Waals surface area contributed by atoms with E-state index in [4.69, 9.17) is 0 Å². The van der Waals surface area contributed by atoms with E-state index >= 15 is 0 Å². The molecule has 1 N–H and O–H groups in total. The van der Waals surface area contributed by atoms with Gasteiger partial charge in [0.15, 0.2) is 0 Å². The number of rotatable bonds is 7. The van der Waals surface area contributed by atoms with E-state index in [1.165, 1.54) is 5.56 Å². The summed E-state index contributed by atoms with van der Waals surface area (Å²) in [6.45, 7) is 3.41. The van der Waals surface area contributed by atoms with Crippen LogP contribution in [0, 0.1) is 0 Å². The summed E-state index contributed by atoms with van der Waals surface area (Å²) in [5, 5.41) is 2.95. The number of benzene rings is 2. The van der Waals surface area contributed by atoms with Crippen LogP contribution in [0.1, 0.15) is 41.3 Å². The van der Waals surface area contributed by atoms with Gasteiger partial charge in [0.2, 0.25) is 5.91 Å². The van der Waals surface area contributed by atoms with Crippen molar-refractivity contribution in [1.82, 2.24) is 5.32 Å². The van der Waals surface area contributed by atoms with Crippen molar-refractivity contribution in [1.29, 1.82) is 0 Å². The molecule has 1 aliphatic heterocycles. The van der Waals surface area contributed by atoms with Gasteiger partial charge in [-0.25, -0.2) is 0 Å². The average molecular weight is 369 g/mol. The van der Waals surface area contributed by atoms with E-state index in [1.54, 1.807) is 0 Å². The molecule has 1 saturated heterocycles. The summed E-state index contributed by atoms with van der Waals surface area (Å²) in [6, 6.07) is 15.6. The predicted octanol–water partition coefficient (Wildman–Crippen LogP) is 4.00. The molecule has 1 aliphatic rings. The highest BCUT2D eigenvalue weighted by Crippen LogP contribution is 2.21. The fourth-order valence-corrected chi connectivity index (χ4v) is 3.60. The standard InChI is InChI=1S/C21H24N2O2S/c1-2-26-15-17-5-9-18(10-6-17)21(25)22-14-16-7-11-19(12-8-16)23-13-3-4-20(23)24/h5-12H,2-4,13-15H2,1H3,(H,22,25). The first-order valence-electron chi connectivity index (χ1n) is 9.01. The van der Waals surface area contributed by atoms with Crippen LogP contribution < -0.4 is 10.2 Å². The molecule has 0 aliphatic carbocycles. The average Bonchev–Trinajstić information content (AvgIpc) is 3.11. The Balaban J connectivity index is 1.53. The van der Waals surface area contributed by atoms with E-state index in [0.717, 1.165) is 35.7 Å². The van der Waals surface area contributed by atoms with Crippen LogP contribution in [0.4, 0.5) is 5.69 Å². The van der Waals surface area contributed by atoms with Gasteiger partial charge >= 0.3 is 0 Å². The van der Waals surface area contributed by atoms with Gasteiger partial charge in [0.1, 0.15) is 0 Å². The Labute approximate surface area is 159 Å². The zero-order valence-electron chi connectivity index (χ0n) is 15.0. The smallest absolute Gasteiger partial charge is 0.251 e. The molecule has 0 atom stereocenters. The van der Waals surface area contributed by atoms with Crippen LogP contribution >= 0.6 is 11.8 Å². The number of carbonyl (C=O) groups is 2. The van der Waals surface area contributed by atoms with E-state index in [0.29, 0.717) is 18.5 Å². The Bertz CT molecular complexity index is 757. The van der Waals surface area contributed by atoms with Gasteiger partial charge < -0.3 is 10.2 Å². The van der Waals surface area contributed by atoms with Crippen LogP contribution in [-0.2, 0) is 17.1 Å². The molecule has 4 nitrogen and oxygen atoms in total. The minimum Gasteiger partial charge on any atom is -0.348 e. The molecular weight excluding hydrogens is 344 g/mol. The lowest BCUT2D eigenvalue weighted by Crippen LogP contribution is -2.24. The number of hydrogen-bond acceptors (Lipinski definition) is 3. The third-order valence-electron chi connectivity index (χ3n) is 4.46. The molecule has 3 rings (SSSR count). The third kappa shape index (κ3) is 4.67. The maximum atomic E-state index is 12.3. The lowest BCUT2D eigenvalue weighted by Gasteiger charge is -2.16. The lowest BCUT2D eigenvalue weighted by atomic mass is 10.1. The maximum absolute atomic E-state index is 12.3. The topological polar surface area (TPSA) is 49.4 Å². The summed E-state index contributed by atoms with van der Waals surface area (Å²) in [5.41, 5.74) is 3.86. The highest BCUT2D eigenvalue weighted by Gasteiger charge is 2.21. The molecule has 0 unspecified atom stereocenters. The number of nitrogens with one attached hydrogen (secondary N) is 1. The van der Waals surface area contributed by atoms with Gasteiger partial charge in [-0.05, 0) is 47.6 Å². The molecule has 1 fully saturated rings. The van der Waals surface area contributed by atoms with Gasteiger partial charge in [0.25, 0.3) is 5.91 Å². The molecule has 0 spiro atoms. The van der Waals surface area contributed by atoms with E-state index in [2.05, 4.69) is 12.2 Å². The number of thioether (sulfide) groups is 1. The SMILES string of the molecule is CCSCc1ccc(C(=O)NCc2ccc(N3CCCC3=O)cc2)cc1. The quantitative estimate of drug-likeness (QED) is 0.804. The molecule has 0 saturated carbocycles. The zero-order chi connectivity index (χ0) is 18.4. The summed E-state index contributed by atoms with van der Waals surface area (Å²) >= 11 is 1.87. The molecule has 136 valence electrons. The summed E-state index contributed by atoms with van der Waals surface area (Å²) in [6.07, 6.45) is 1.56. The number of anilines is 1. The van der Waals surface area contributed by atoms with Crippen LogP contribution in [0.5, 0.6) is 0 Å². The third-order valence-corrected chi connectivity index (χ3v) is 5.41. The highest BCUT2D eigenvalue weighted by molar-refractivity contribution is 7.98. The minimum atomic E-state index is -0.0708. The monoisotopic (exact) mass is 368 g/mol. The normalized spacial score (nSPS) is 13.9. The van der Waals surface area contributed by atoms with Crippen LogP contribution in [0.15, 0.2) is 48.5 Å². The molecule has 5 heteroatoms. The van der Waals surface area contributed by atoms with Crippen molar-refractivity contribution in [3.8, 4) is 0 Å². The van der Waals surface area contributed by atoms with Crippen LogP contribution in [-0.4, -0.2) is 24.1 Å². The molecule has 2 amide bonds. The first-order valence-corrected chi connectivity index (χ1v) is 10.2. The molecule has 1 heterocycles. The molecular formula is C21H24N2O2S. The molecule has 26 heavy (non-hydrogen) atoms. The van der Waals surface area contributed by atoms with Gasteiger partial charge in [0.05, 0.1) is 0 Å². The Morgan fingerprint density at radius 3 is 2.38 bits per heavy atom. The Kier molecular flexibility index (Phi) is 6.34. The predicted molar refractivity (Wildman–Crippen MR) is 107 cm³/mol. The van der Waals surface area contributed by atoms with Crippen molar-refractivity contribution in [2.24, 2.45) is 0 Å². The molecule has 2 aromatic rings. The summed E-state index contributed by atoms with van der Waals surface area (Å²) in [7, 11) is 0. The van der Waals surface area contributed by atoms with E-state index in [1.807, 2.05) is 65.2 Å². The van der Waals surface area contributed by atoms with Crippen LogP contribution in [0.3, 0.4) is 0 Å². The molecule has 0 bridgehead atoms.